The van der Waals surface area contributed by atoms with Gasteiger partial charge in [0.15, 0.2) is 0 Å². The molecule has 1 saturated heterocycles. The first-order valence-corrected chi connectivity index (χ1v) is 6.87. The van der Waals surface area contributed by atoms with Gasteiger partial charge in [-0.3, -0.25) is 4.90 Å². The third kappa shape index (κ3) is 3.44. The molecule has 0 bridgehead atoms. The van der Waals surface area contributed by atoms with Gasteiger partial charge < -0.3 is 5.11 Å². The van der Waals surface area contributed by atoms with Crippen LogP contribution in [0.25, 0.3) is 0 Å². The van der Waals surface area contributed by atoms with Crippen LogP contribution in [0.4, 0.5) is 0 Å². The number of piperidine rings is 1. The molecule has 1 aliphatic rings. The largest absolute Gasteiger partial charge is 0.395 e. The zero-order valence-corrected chi connectivity index (χ0v) is 10.2. The Morgan fingerprint density at radius 2 is 2.29 bits per heavy atom. The summed E-state index contributed by atoms with van der Waals surface area (Å²) in [5.41, 5.74) is 0. The lowest BCUT2D eigenvalue weighted by molar-refractivity contribution is 0.0581. The van der Waals surface area contributed by atoms with Crippen molar-refractivity contribution in [1.82, 2.24) is 4.90 Å². The molecule has 0 radical (unpaired) electrons. The predicted octanol–water partition coefficient (Wildman–Crippen LogP) is 1.83. The Morgan fingerprint density at radius 3 is 2.93 bits per heavy atom. The summed E-state index contributed by atoms with van der Waals surface area (Å²) < 4.78 is 0. The predicted molar refractivity (Wildman–Crippen MR) is 63.8 cm³/mol. The molecule has 84 valence electrons. The molecule has 2 nitrogen and oxygen atoms in total. The minimum atomic E-state index is 0.331. The van der Waals surface area contributed by atoms with E-state index in [4.69, 9.17) is 0 Å². The molecular weight excluding hydrogens is 194 g/mol. The Hall–Kier alpha value is 0.270. The number of hydrogen-bond acceptors (Lipinski definition) is 3. The normalized spacial score (nSPS) is 29.4. The van der Waals surface area contributed by atoms with E-state index in [9.17, 15) is 5.11 Å². The first-order valence-electron chi connectivity index (χ1n) is 5.72. The summed E-state index contributed by atoms with van der Waals surface area (Å²) in [6, 6.07) is 0.418. The van der Waals surface area contributed by atoms with Crippen LogP contribution in [-0.2, 0) is 0 Å². The van der Waals surface area contributed by atoms with Crippen LogP contribution in [0.3, 0.4) is 0 Å². The molecule has 1 heterocycles. The second-order valence-corrected chi connectivity index (χ2v) is 5.50. The van der Waals surface area contributed by atoms with Crippen molar-refractivity contribution < 1.29 is 5.11 Å². The highest BCUT2D eigenvalue weighted by Crippen LogP contribution is 2.22. The average Bonchev–Trinajstić information content (AvgIpc) is 2.18. The Morgan fingerprint density at radius 1 is 1.50 bits per heavy atom. The number of aliphatic hydroxyl groups excluding tert-OH is 1. The molecule has 0 aromatic rings. The monoisotopic (exact) mass is 217 g/mol. The molecule has 2 unspecified atom stereocenters. The van der Waals surface area contributed by atoms with Crippen LogP contribution in [0.5, 0.6) is 0 Å². The van der Waals surface area contributed by atoms with Gasteiger partial charge in [0.25, 0.3) is 0 Å². The summed E-state index contributed by atoms with van der Waals surface area (Å²) in [7, 11) is 0. The summed E-state index contributed by atoms with van der Waals surface area (Å²) in [6.45, 7) is 7.12. The zero-order valence-electron chi connectivity index (χ0n) is 9.41. The SMILES string of the molecule is CCSCCN1CCCC(C)C1CO. The first-order chi connectivity index (χ1) is 6.79. The van der Waals surface area contributed by atoms with Gasteiger partial charge in [0.05, 0.1) is 6.61 Å². The van der Waals surface area contributed by atoms with Gasteiger partial charge in [-0.1, -0.05) is 13.8 Å². The van der Waals surface area contributed by atoms with Gasteiger partial charge in [0, 0.05) is 18.3 Å². The minimum absolute atomic E-state index is 0.331. The van der Waals surface area contributed by atoms with Crippen molar-refractivity contribution in [1.29, 1.82) is 0 Å². The van der Waals surface area contributed by atoms with Crippen molar-refractivity contribution in [2.75, 3.05) is 31.2 Å². The smallest absolute Gasteiger partial charge is 0.0589 e. The van der Waals surface area contributed by atoms with E-state index >= 15 is 0 Å². The Balaban J connectivity index is 2.32. The zero-order chi connectivity index (χ0) is 10.4. The van der Waals surface area contributed by atoms with Gasteiger partial charge in [-0.25, -0.2) is 0 Å². The molecule has 0 saturated carbocycles. The Labute approximate surface area is 92.1 Å². The van der Waals surface area contributed by atoms with E-state index < -0.39 is 0 Å². The molecule has 1 N–H and O–H groups in total. The molecule has 0 amide bonds. The lowest BCUT2D eigenvalue weighted by Crippen LogP contribution is -2.47. The molecule has 14 heavy (non-hydrogen) atoms. The van der Waals surface area contributed by atoms with Gasteiger partial charge in [-0.2, -0.15) is 11.8 Å². The second kappa shape index (κ2) is 6.70. The van der Waals surface area contributed by atoms with Crippen LogP contribution in [0.2, 0.25) is 0 Å². The summed E-state index contributed by atoms with van der Waals surface area (Å²) in [4.78, 5) is 2.47. The molecular formula is C11H23NOS. The third-order valence-corrected chi connectivity index (χ3v) is 4.02. The summed E-state index contributed by atoms with van der Waals surface area (Å²) in [6.07, 6.45) is 2.58. The van der Waals surface area contributed by atoms with Crippen molar-refractivity contribution in [2.45, 2.75) is 32.7 Å². The molecule has 3 heteroatoms. The van der Waals surface area contributed by atoms with E-state index in [1.165, 1.54) is 30.9 Å². The molecule has 0 aromatic heterocycles. The van der Waals surface area contributed by atoms with Crippen molar-refractivity contribution in [3.8, 4) is 0 Å². The van der Waals surface area contributed by atoms with Gasteiger partial charge in [-0.05, 0) is 31.1 Å². The van der Waals surface area contributed by atoms with Crippen molar-refractivity contribution in [3.63, 3.8) is 0 Å². The van der Waals surface area contributed by atoms with Gasteiger partial charge in [-0.15, -0.1) is 0 Å². The highest BCUT2D eigenvalue weighted by atomic mass is 32.2. The maximum atomic E-state index is 9.34. The number of likely N-dealkylation sites (tertiary alicyclic amines) is 1. The number of nitrogens with zero attached hydrogens (tertiary/aromatic N) is 1. The molecule has 1 rings (SSSR count). The van der Waals surface area contributed by atoms with E-state index in [0.717, 1.165) is 6.54 Å². The number of hydrogen-bond donors (Lipinski definition) is 1. The van der Waals surface area contributed by atoms with Crippen LogP contribution < -0.4 is 0 Å². The summed E-state index contributed by atoms with van der Waals surface area (Å²) in [5, 5.41) is 9.34. The maximum Gasteiger partial charge on any atom is 0.0589 e. The van der Waals surface area contributed by atoms with Gasteiger partial charge in [0.2, 0.25) is 0 Å². The van der Waals surface area contributed by atoms with Crippen LogP contribution in [0.15, 0.2) is 0 Å². The Kier molecular flexibility index (Phi) is 5.90. The molecule has 0 spiro atoms. The van der Waals surface area contributed by atoms with Gasteiger partial charge in [0.1, 0.15) is 0 Å². The number of aliphatic hydroxyl groups is 1. The van der Waals surface area contributed by atoms with Crippen molar-refractivity contribution in [3.05, 3.63) is 0 Å². The molecule has 0 aliphatic carbocycles. The average molecular weight is 217 g/mol. The van der Waals surface area contributed by atoms with Gasteiger partial charge >= 0.3 is 0 Å². The fraction of sp³-hybridized carbons (Fsp3) is 1.00. The molecule has 1 aliphatic heterocycles. The molecule has 0 aromatic carbocycles. The number of thioether (sulfide) groups is 1. The van der Waals surface area contributed by atoms with E-state index in [0.29, 0.717) is 18.6 Å². The maximum absolute atomic E-state index is 9.34. The van der Waals surface area contributed by atoms with Crippen molar-refractivity contribution in [2.24, 2.45) is 5.92 Å². The standard InChI is InChI=1S/C11H23NOS/c1-3-14-8-7-12-6-4-5-10(2)11(12)9-13/h10-11,13H,3-9H2,1-2H3. The second-order valence-electron chi connectivity index (χ2n) is 4.10. The van der Waals surface area contributed by atoms with Crippen LogP contribution >= 0.6 is 11.8 Å². The van der Waals surface area contributed by atoms with E-state index in [1.807, 2.05) is 11.8 Å². The fourth-order valence-corrected chi connectivity index (χ4v) is 2.89. The third-order valence-electron chi connectivity index (χ3n) is 3.14. The van der Waals surface area contributed by atoms with E-state index in [2.05, 4.69) is 18.7 Å². The highest BCUT2D eigenvalue weighted by molar-refractivity contribution is 7.99. The minimum Gasteiger partial charge on any atom is -0.395 e. The van der Waals surface area contributed by atoms with Crippen LogP contribution in [0.1, 0.15) is 26.7 Å². The molecule has 2 atom stereocenters. The van der Waals surface area contributed by atoms with Crippen LogP contribution in [0, 0.1) is 5.92 Å². The number of rotatable bonds is 5. The summed E-state index contributed by atoms with van der Waals surface area (Å²) in [5.74, 6) is 3.08. The highest BCUT2D eigenvalue weighted by Gasteiger charge is 2.26. The molecule has 1 fully saturated rings. The van der Waals surface area contributed by atoms with E-state index in [1.54, 1.807) is 0 Å². The Bertz CT molecular complexity index is 154. The van der Waals surface area contributed by atoms with Crippen LogP contribution in [-0.4, -0.2) is 47.3 Å². The quantitative estimate of drug-likeness (QED) is 0.711. The van der Waals surface area contributed by atoms with Crippen molar-refractivity contribution >= 4 is 11.8 Å². The lowest BCUT2D eigenvalue weighted by atomic mass is 9.91. The van der Waals surface area contributed by atoms with E-state index in [-0.39, 0.29) is 0 Å². The lowest BCUT2D eigenvalue weighted by Gasteiger charge is -2.38. The first kappa shape index (κ1) is 12.3. The fourth-order valence-electron chi connectivity index (χ4n) is 2.23. The topological polar surface area (TPSA) is 23.5 Å². The summed E-state index contributed by atoms with van der Waals surface area (Å²) >= 11 is 1.99.